The molecule has 0 saturated heterocycles. The molecule has 0 radical (unpaired) electrons. The van der Waals surface area contributed by atoms with Gasteiger partial charge in [0.15, 0.2) is 5.58 Å². The first-order valence-electron chi connectivity index (χ1n) is 5.48. The van der Waals surface area contributed by atoms with E-state index in [0.717, 1.165) is 26.5 Å². The normalized spacial score (nSPS) is 11.0. The van der Waals surface area contributed by atoms with Gasteiger partial charge in [-0.1, -0.05) is 34.1 Å². The number of nitrogens with zero attached hydrogens (tertiary/aromatic N) is 1. The largest absolute Gasteiger partial charge is 0.436 e. The van der Waals surface area contributed by atoms with Crippen LogP contribution in [0.25, 0.3) is 22.6 Å². The molecule has 0 aliphatic heterocycles. The number of alkyl halides is 1. The van der Waals surface area contributed by atoms with Gasteiger partial charge < -0.3 is 4.42 Å². The summed E-state index contributed by atoms with van der Waals surface area (Å²) in [6, 6.07) is 13.9. The molecule has 0 fully saturated rings. The van der Waals surface area contributed by atoms with E-state index in [0.29, 0.717) is 5.89 Å². The number of hydrogen-bond acceptors (Lipinski definition) is 2. The molecule has 18 heavy (non-hydrogen) atoms. The number of hydrogen-bond donors (Lipinski definition) is 0. The SMILES string of the molecule is BrCc1ccc2oc(-c3ccccc3Br)nc2c1. The Morgan fingerprint density at radius 2 is 1.94 bits per heavy atom. The van der Waals surface area contributed by atoms with Crippen molar-refractivity contribution in [2.24, 2.45) is 0 Å². The molecular formula is C14H9Br2NO. The van der Waals surface area contributed by atoms with Gasteiger partial charge in [-0.25, -0.2) is 4.98 Å². The predicted molar refractivity (Wildman–Crippen MR) is 79.8 cm³/mol. The molecule has 1 aromatic heterocycles. The van der Waals surface area contributed by atoms with Crippen molar-refractivity contribution in [1.29, 1.82) is 0 Å². The fraction of sp³-hybridized carbons (Fsp3) is 0.0714. The Labute approximate surface area is 121 Å². The van der Waals surface area contributed by atoms with E-state index in [-0.39, 0.29) is 0 Å². The molecule has 3 rings (SSSR count). The first-order chi connectivity index (χ1) is 8.78. The standard InChI is InChI=1S/C14H9Br2NO/c15-8-9-5-6-13-12(7-9)17-14(18-13)10-3-1-2-4-11(10)16/h1-7H,8H2. The van der Waals surface area contributed by atoms with Crippen LogP contribution in [0.2, 0.25) is 0 Å². The van der Waals surface area contributed by atoms with Gasteiger partial charge in [0.1, 0.15) is 5.52 Å². The second-order valence-corrected chi connectivity index (χ2v) is 5.35. The zero-order valence-electron chi connectivity index (χ0n) is 9.36. The average molecular weight is 367 g/mol. The maximum Gasteiger partial charge on any atom is 0.228 e. The van der Waals surface area contributed by atoms with Crippen molar-refractivity contribution in [2.45, 2.75) is 5.33 Å². The van der Waals surface area contributed by atoms with Crippen LogP contribution in [-0.2, 0) is 5.33 Å². The molecule has 0 spiro atoms. The van der Waals surface area contributed by atoms with Gasteiger partial charge in [-0.3, -0.25) is 0 Å². The quantitative estimate of drug-likeness (QED) is 0.586. The summed E-state index contributed by atoms with van der Waals surface area (Å²) in [6.45, 7) is 0. The number of fused-ring (bicyclic) bond motifs is 1. The minimum absolute atomic E-state index is 0.643. The van der Waals surface area contributed by atoms with Gasteiger partial charge in [-0.15, -0.1) is 0 Å². The van der Waals surface area contributed by atoms with Gasteiger partial charge in [0.2, 0.25) is 5.89 Å². The van der Waals surface area contributed by atoms with Gasteiger partial charge in [0.05, 0.1) is 5.56 Å². The Morgan fingerprint density at radius 1 is 1.11 bits per heavy atom. The Morgan fingerprint density at radius 3 is 2.72 bits per heavy atom. The Balaban J connectivity index is 2.17. The Bertz CT molecular complexity index is 706. The zero-order chi connectivity index (χ0) is 12.5. The third-order valence-electron chi connectivity index (χ3n) is 2.71. The van der Waals surface area contributed by atoms with Crippen LogP contribution in [0, 0.1) is 0 Å². The van der Waals surface area contributed by atoms with Gasteiger partial charge in [-0.05, 0) is 45.8 Å². The lowest BCUT2D eigenvalue weighted by Gasteiger charge is -1.97. The molecule has 90 valence electrons. The molecule has 0 amide bonds. The van der Waals surface area contributed by atoms with Crippen molar-refractivity contribution in [3.05, 3.63) is 52.5 Å². The van der Waals surface area contributed by atoms with Crippen LogP contribution < -0.4 is 0 Å². The van der Waals surface area contributed by atoms with Gasteiger partial charge >= 0.3 is 0 Å². The summed E-state index contributed by atoms with van der Waals surface area (Å²) >= 11 is 6.95. The molecule has 0 unspecified atom stereocenters. The Kier molecular flexibility index (Phi) is 3.22. The first-order valence-corrected chi connectivity index (χ1v) is 7.40. The van der Waals surface area contributed by atoms with Crippen LogP contribution in [0.5, 0.6) is 0 Å². The average Bonchev–Trinajstić information content (AvgIpc) is 2.81. The van der Waals surface area contributed by atoms with E-state index in [1.165, 1.54) is 5.56 Å². The molecule has 0 aliphatic rings. The highest BCUT2D eigenvalue weighted by atomic mass is 79.9. The van der Waals surface area contributed by atoms with Crippen molar-refractivity contribution in [3.63, 3.8) is 0 Å². The van der Waals surface area contributed by atoms with Crippen LogP contribution in [0.4, 0.5) is 0 Å². The predicted octanol–water partition coefficient (Wildman–Crippen LogP) is 5.15. The van der Waals surface area contributed by atoms with E-state index >= 15 is 0 Å². The van der Waals surface area contributed by atoms with Crippen LogP contribution in [0.3, 0.4) is 0 Å². The van der Waals surface area contributed by atoms with Crippen molar-refractivity contribution >= 4 is 43.0 Å². The molecule has 0 saturated carbocycles. The van der Waals surface area contributed by atoms with Crippen LogP contribution in [0.1, 0.15) is 5.56 Å². The van der Waals surface area contributed by atoms with Crippen molar-refractivity contribution < 1.29 is 4.42 Å². The third-order valence-corrected chi connectivity index (χ3v) is 4.05. The number of rotatable bonds is 2. The van der Waals surface area contributed by atoms with E-state index < -0.39 is 0 Å². The molecule has 0 N–H and O–H groups in total. The lowest BCUT2D eigenvalue weighted by atomic mass is 10.2. The lowest BCUT2D eigenvalue weighted by molar-refractivity contribution is 0.619. The fourth-order valence-corrected chi connectivity index (χ4v) is 2.61. The van der Waals surface area contributed by atoms with Crippen molar-refractivity contribution in [1.82, 2.24) is 4.98 Å². The first kappa shape index (κ1) is 11.9. The van der Waals surface area contributed by atoms with E-state index in [1.54, 1.807) is 0 Å². The molecule has 2 nitrogen and oxygen atoms in total. The minimum atomic E-state index is 0.643. The number of oxazole rings is 1. The third kappa shape index (κ3) is 2.10. The van der Waals surface area contributed by atoms with E-state index in [1.807, 2.05) is 42.5 Å². The second kappa shape index (κ2) is 4.86. The lowest BCUT2D eigenvalue weighted by Crippen LogP contribution is -1.79. The number of aromatic nitrogens is 1. The summed E-state index contributed by atoms with van der Waals surface area (Å²) < 4.78 is 6.76. The van der Waals surface area contributed by atoms with E-state index in [4.69, 9.17) is 4.42 Å². The van der Waals surface area contributed by atoms with Crippen molar-refractivity contribution in [2.75, 3.05) is 0 Å². The molecule has 4 heteroatoms. The highest BCUT2D eigenvalue weighted by Gasteiger charge is 2.10. The molecule has 0 bridgehead atoms. The minimum Gasteiger partial charge on any atom is -0.436 e. The number of halogens is 2. The van der Waals surface area contributed by atoms with Gasteiger partial charge in [-0.2, -0.15) is 0 Å². The van der Waals surface area contributed by atoms with E-state index in [2.05, 4.69) is 36.8 Å². The highest BCUT2D eigenvalue weighted by Crippen LogP contribution is 2.30. The maximum atomic E-state index is 5.78. The maximum absolute atomic E-state index is 5.78. The zero-order valence-corrected chi connectivity index (χ0v) is 12.5. The summed E-state index contributed by atoms with van der Waals surface area (Å²) in [5, 5.41) is 0.820. The Hall–Kier alpha value is -1.13. The van der Waals surface area contributed by atoms with Gasteiger partial charge in [0.25, 0.3) is 0 Å². The molecule has 3 aromatic rings. The molecule has 2 aromatic carbocycles. The highest BCUT2D eigenvalue weighted by molar-refractivity contribution is 9.10. The molecule has 0 aliphatic carbocycles. The molecule has 1 heterocycles. The van der Waals surface area contributed by atoms with Gasteiger partial charge in [0, 0.05) is 9.80 Å². The topological polar surface area (TPSA) is 26.0 Å². The second-order valence-electron chi connectivity index (χ2n) is 3.93. The smallest absolute Gasteiger partial charge is 0.228 e. The van der Waals surface area contributed by atoms with E-state index in [9.17, 15) is 0 Å². The molecular weight excluding hydrogens is 358 g/mol. The summed E-state index contributed by atoms with van der Waals surface area (Å²) in [5.41, 5.74) is 3.85. The summed E-state index contributed by atoms with van der Waals surface area (Å²) in [6.07, 6.45) is 0. The van der Waals surface area contributed by atoms with Crippen molar-refractivity contribution in [3.8, 4) is 11.5 Å². The number of benzene rings is 2. The summed E-state index contributed by atoms with van der Waals surface area (Å²) in [4.78, 5) is 4.53. The molecule has 0 atom stereocenters. The fourth-order valence-electron chi connectivity index (χ4n) is 1.81. The van der Waals surface area contributed by atoms with Crippen LogP contribution in [0.15, 0.2) is 51.4 Å². The summed E-state index contributed by atoms with van der Waals surface area (Å²) in [7, 11) is 0. The van der Waals surface area contributed by atoms with Crippen LogP contribution in [-0.4, -0.2) is 4.98 Å². The summed E-state index contributed by atoms with van der Waals surface area (Å²) in [5.74, 6) is 0.643. The monoisotopic (exact) mass is 365 g/mol. The van der Waals surface area contributed by atoms with Crippen LogP contribution >= 0.6 is 31.9 Å².